The Morgan fingerprint density at radius 2 is 1.89 bits per heavy atom. The molecule has 2 heterocycles. The van der Waals surface area contributed by atoms with Gasteiger partial charge in [-0.05, 0) is 75.7 Å². The van der Waals surface area contributed by atoms with E-state index in [2.05, 4.69) is 32.5 Å². The molecule has 0 fully saturated rings. The maximum atomic E-state index is 13.4. The first-order valence-corrected chi connectivity index (χ1v) is 13.3. The molecule has 0 saturated heterocycles. The number of unbranched alkanes of at least 4 members (excludes halogenated alkanes) is 1. The van der Waals surface area contributed by atoms with Gasteiger partial charge in [0.05, 0.1) is 24.2 Å². The molecule has 38 heavy (non-hydrogen) atoms. The SMILES string of the molecule is CCCCc1nc2ccc(Br)cc2c(=O)n1N=Cc1cc(C)n(-c2ccc(O[C@@H](C)C(=O)OC)cc2)c1C. The molecule has 0 aliphatic heterocycles. The van der Waals surface area contributed by atoms with Gasteiger partial charge >= 0.3 is 5.97 Å². The lowest BCUT2D eigenvalue weighted by Gasteiger charge is -2.14. The van der Waals surface area contributed by atoms with Gasteiger partial charge in [-0.25, -0.2) is 9.78 Å². The molecule has 0 amide bonds. The molecular formula is C29H31BrN4O4. The molecule has 0 aliphatic rings. The quantitative estimate of drug-likeness (QED) is 0.187. The minimum absolute atomic E-state index is 0.191. The van der Waals surface area contributed by atoms with Crippen molar-refractivity contribution in [1.82, 2.24) is 14.2 Å². The van der Waals surface area contributed by atoms with Crippen molar-refractivity contribution >= 4 is 39.0 Å². The van der Waals surface area contributed by atoms with Gasteiger partial charge in [0.1, 0.15) is 11.6 Å². The number of ether oxygens (including phenoxy) is 2. The van der Waals surface area contributed by atoms with E-state index in [0.29, 0.717) is 28.9 Å². The van der Waals surface area contributed by atoms with Crippen LogP contribution < -0.4 is 10.3 Å². The fourth-order valence-corrected chi connectivity index (χ4v) is 4.70. The molecule has 1 atom stereocenters. The number of fused-ring (bicyclic) bond motifs is 1. The van der Waals surface area contributed by atoms with Crippen LogP contribution in [0.4, 0.5) is 0 Å². The van der Waals surface area contributed by atoms with E-state index in [-0.39, 0.29) is 5.56 Å². The summed E-state index contributed by atoms with van der Waals surface area (Å²) in [5.74, 6) is 0.792. The van der Waals surface area contributed by atoms with E-state index in [1.165, 1.54) is 11.8 Å². The molecule has 4 rings (SSSR count). The molecule has 2 aromatic carbocycles. The predicted molar refractivity (Wildman–Crippen MR) is 153 cm³/mol. The summed E-state index contributed by atoms with van der Waals surface area (Å²) in [6.07, 6.45) is 3.59. The zero-order chi connectivity index (χ0) is 27.4. The number of aromatic nitrogens is 3. The van der Waals surface area contributed by atoms with E-state index in [9.17, 15) is 9.59 Å². The van der Waals surface area contributed by atoms with Crippen molar-refractivity contribution in [2.24, 2.45) is 5.10 Å². The fraction of sp³-hybridized carbons (Fsp3) is 0.310. The van der Waals surface area contributed by atoms with Crippen LogP contribution in [-0.2, 0) is 16.0 Å². The predicted octanol–water partition coefficient (Wildman–Crippen LogP) is 5.73. The van der Waals surface area contributed by atoms with E-state index in [1.54, 1.807) is 19.2 Å². The third-order valence-electron chi connectivity index (χ3n) is 6.35. The van der Waals surface area contributed by atoms with Crippen LogP contribution in [-0.4, -0.2) is 39.6 Å². The molecule has 4 aromatic rings. The summed E-state index contributed by atoms with van der Waals surface area (Å²) in [6.45, 7) is 7.78. The number of nitrogens with zero attached hydrogens (tertiary/aromatic N) is 4. The van der Waals surface area contributed by atoms with E-state index in [1.807, 2.05) is 56.3 Å². The summed E-state index contributed by atoms with van der Waals surface area (Å²) in [7, 11) is 1.34. The summed E-state index contributed by atoms with van der Waals surface area (Å²) in [5.41, 5.74) is 4.30. The van der Waals surface area contributed by atoms with Gasteiger partial charge in [-0.1, -0.05) is 29.3 Å². The third-order valence-corrected chi connectivity index (χ3v) is 6.85. The number of benzene rings is 2. The van der Waals surface area contributed by atoms with Gasteiger partial charge in [-0.15, -0.1) is 0 Å². The molecule has 0 radical (unpaired) electrons. The largest absolute Gasteiger partial charge is 0.479 e. The van der Waals surface area contributed by atoms with Gasteiger partial charge < -0.3 is 14.0 Å². The second-order valence-corrected chi connectivity index (χ2v) is 10.0. The van der Waals surface area contributed by atoms with E-state index >= 15 is 0 Å². The maximum Gasteiger partial charge on any atom is 0.346 e. The van der Waals surface area contributed by atoms with Crippen molar-refractivity contribution in [3.05, 3.63) is 86.1 Å². The Morgan fingerprint density at radius 1 is 1.16 bits per heavy atom. The van der Waals surface area contributed by atoms with E-state index in [4.69, 9.17) is 14.5 Å². The molecular weight excluding hydrogens is 548 g/mol. The van der Waals surface area contributed by atoms with E-state index < -0.39 is 12.1 Å². The number of esters is 1. The highest BCUT2D eigenvalue weighted by atomic mass is 79.9. The molecule has 0 aliphatic carbocycles. The van der Waals surface area contributed by atoms with Crippen LogP contribution in [0.15, 0.2) is 62.9 Å². The van der Waals surface area contributed by atoms with Crippen LogP contribution in [0.2, 0.25) is 0 Å². The summed E-state index contributed by atoms with van der Waals surface area (Å²) >= 11 is 3.45. The zero-order valence-corrected chi connectivity index (χ0v) is 23.8. The van der Waals surface area contributed by atoms with Crippen molar-refractivity contribution in [2.75, 3.05) is 7.11 Å². The van der Waals surface area contributed by atoms with Gasteiger partial charge in [0.2, 0.25) is 0 Å². The van der Waals surface area contributed by atoms with Gasteiger partial charge in [-0.3, -0.25) is 4.79 Å². The number of methoxy groups -OCH3 is 1. The molecule has 0 bridgehead atoms. The zero-order valence-electron chi connectivity index (χ0n) is 22.2. The first kappa shape index (κ1) is 27.3. The van der Waals surface area contributed by atoms with Gasteiger partial charge in [0, 0.05) is 33.5 Å². The number of rotatable bonds is 9. The van der Waals surface area contributed by atoms with Gasteiger partial charge in [0.15, 0.2) is 6.10 Å². The second kappa shape index (κ2) is 11.8. The van der Waals surface area contributed by atoms with Crippen LogP contribution in [0.3, 0.4) is 0 Å². The first-order valence-electron chi connectivity index (χ1n) is 12.5. The Balaban J connectivity index is 1.67. The summed E-state index contributed by atoms with van der Waals surface area (Å²) < 4.78 is 14.7. The van der Waals surface area contributed by atoms with Gasteiger partial charge in [-0.2, -0.15) is 9.78 Å². The van der Waals surface area contributed by atoms with Crippen LogP contribution in [0.5, 0.6) is 5.75 Å². The summed E-state index contributed by atoms with van der Waals surface area (Å²) in [6, 6.07) is 15.1. The average molecular weight is 579 g/mol. The smallest absolute Gasteiger partial charge is 0.346 e. The fourth-order valence-electron chi connectivity index (χ4n) is 4.34. The lowest BCUT2D eigenvalue weighted by Crippen LogP contribution is -2.24. The lowest BCUT2D eigenvalue weighted by atomic mass is 10.2. The van der Waals surface area contributed by atoms with Crippen molar-refractivity contribution in [3.63, 3.8) is 0 Å². The molecule has 198 valence electrons. The highest BCUT2D eigenvalue weighted by molar-refractivity contribution is 9.10. The van der Waals surface area contributed by atoms with Crippen molar-refractivity contribution in [1.29, 1.82) is 0 Å². The number of halogens is 1. The van der Waals surface area contributed by atoms with Gasteiger partial charge in [0.25, 0.3) is 5.56 Å². The lowest BCUT2D eigenvalue weighted by molar-refractivity contribution is -0.147. The monoisotopic (exact) mass is 578 g/mol. The van der Waals surface area contributed by atoms with Crippen molar-refractivity contribution < 1.29 is 14.3 Å². The molecule has 0 N–H and O–H groups in total. The standard InChI is InChI=1S/C29H31BrN4O4/c1-6-7-8-27-32-26-14-9-22(30)16-25(26)28(35)34(27)31-17-21-15-18(2)33(19(21)3)23-10-12-24(13-11-23)38-20(4)29(36)37-5/h9-17,20H,6-8H2,1-5H3/t20-/m0/s1. The second-order valence-electron chi connectivity index (χ2n) is 9.09. The number of carbonyl (C=O) groups excluding carboxylic acids is 1. The van der Waals surface area contributed by atoms with Crippen LogP contribution in [0, 0.1) is 13.8 Å². The average Bonchev–Trinajstić information content (AvgIpc) is 3.19. The summed E-state index contributed by atoms with van der Waals surface area (Å²) in [5, 5.41) is 5.13. The topological polar surface area (TPSA) is 87.7 Å². The minimum Gasteiger partial charge on any atom is -0.479 e. The Labute approximate surface area is 230 Å². The molecule has 0 unspecified atom stereocenters. The first-order chi connectivity index (χ1) is 18.2. The third kappa shape index (κ3) is 5.72. The Morgan fingerprint density at radius 3 is 2.58 bits per heavy atom. The number of carbonyl (C=O) groups is 1. The molecule has 0 saturated carbocycles. The molecule has 0 spiro atoms. The normalized spacial score (nSPS) is 12.3. The van der Waals surface area contributed by atoms with Crippen molar-refractivity contribution in [2.45, 2.75) is 53.1 Å². The molecule has 2 aromatic heterocycles. The maximum absolute atomic E-state index is 13.4. The van der Waals surface area contributed by atoms with Crippen molar-refractivity contribution in [3.8, 4) is 11.4 Å². The Bertz CT molecular complexity index is 1550. The van der Waals surface area contributed by atoms with Crippen LogP contribution >= 0.6 is 15.9 Å². The number of hydrogen-bond donors (Lipinski definition) is 0. The molecule has 8 nitrogen and oxygen atoms in total. The summed E-state index contributed by atoms with van der Waals surface area (Å²) in [4.78, 5) is 29.8. The van der Waals surface area contributed by atoms with Crippen LogP contribution in [0.25, 0.3) is 16.6 Å². The number of aryl methyl sites for hydroxylation is 2. The molecule has 9 heteroatoms. The minimum atomic E-state index is -0.694. The Kier molecular flexibility index (Phi) is 8.46. The van der Waals surface area contributed by atoms with E-state index in [0.717, 1.165) is 40.0 Å². The van der Waals surface area contributed by atoms with Crippen LogP contribution in [0.1, 0.15) is 49.5 Å². The Hall–Kier alpha value is -3.72. The highest BCUT2D eigenvalue weighted by Gasteiger charge is 2.16. The highest BCUT2D eigenvalue weighted by Crippen LogP contribution is 2.23. The number of hydrogen-bond acceptors (Lipinski definition) is 6.